The van der Waals surface area contributed by atoms with E-state index in [0.29, 0.717) is 0 Å². The molecule has 2 heterocycles. The van der Waals surface area contributed by atoms with Crippen LogP contribution >= 0.6 is 11.3 Å². The van der Waals surface area contributed by atoms with Crippen molar-refractivity contribution in [2.24, 2.45) is 5.92 Å². The van der Waals surface area contributed by atoms with Crippen molar-refractivity contribution in [1.29, 1.82) is 0 Å². The molecule has 1 saturated heterocycles. The highest BCUT2D eigenvalue weighted by Gasteiger charge is 2.38. The predicted molar refractivity (Wildman–Crippen MR) is 53.4 cm³/mol. The topological polar surface area (TPSA) is 16.4 Å². The molecule has 0 spiro atoms. The lowest BCUT2D eigenvalue weighted by atomic mass is 10.0. The fourth-order valence-electron chi connectivity index (χ4n) is 2.51. The highest BCUT2D eigenvalue weighted by atomic mass is 32.1. The molecule has 0 saturated carbocycles. The van der Waals surface area contributed by atoms with Crippen LogP contribution in [0.2, 0.25) is 0 Å². The molecule has 3 heteroatoms. The van der Waals surface area contributed by atoms with E-state index in [4.69, 9.17) is 6.57 Å². The van der Waals surface area contributed by atoms with Crippen LogP contribution in [0.25, 0.3) is 4.85 Å². The van der Waals surface area contributed by atoms with E-state index in [2.05, 4.69) is 10.2 Å². The summed E-state index contributed by atoms with van der Waals surface area (Å²) in [6, 6.07) is 0. The van der Waals surface area contributed by atoms with Gasteiger partial charge in [0.1, 0.15) is 0 Å². The molecule has 0 amide bonds. The van der Waals surface area contributed by atoms with Crippen LogP contribution in [0, 0.1) is 12.5 Å². The summed E-state index contributed by atoms with van der Waals surface area (Å²) in [5.74, 6) is 1.50. The molecule has 0 aromatic carbocycles. The van der Waals surface area contributed by atoms with Crippen molar-refractivity contribution in [2.75, 3.05) is 13.1 Å². The number of hydrogen-bond acceptors (Lipinski definition) is 2. The molecule has 2 unspecified atom stereocenters. The third-order valence-electron chi connectivity index (χ3n) is 3.17. The van der Waals surface area contributed by atoms with Crippen LogP contribution in [0.4, 0.5) is 5.69 Å². The summed E-state index contributed by atoms with van der Waals surface area (Å²) in [5, 5.41) is 5.44. The molecule has 1 aliphatic carbocycles. The number of rotatable bonds is 0. The van der Waals surface area contributed by atoms with Gasteiger partial charge in [-0.05, 0) is 29.8 Å². The third kappa shape index (κ3) is 0.903. The van der Waals surface area contributed by atoms with Crippen molar-refractivity contribution in [3.05, 3.63) is 27.2 Å². The lowest BCUT2D eigenvalue weighted by Crippen LogP contribution is -2.10. The Hall–Kier alpha value is -0.850. The standard InChI is InChI=1S/C10H10N2S/c1-11-9-5-13-10-7(9)2-6-3-12-4-8(6)10/h5-6,8,12H,2-4H2. The summed E-state index contributed by atoms with van der Waals surface area (Å²) >= 11 is 1.79. The molecule has 1 aromatic rings. The van der Waals surface area contributed by atoms with Crippen molar-refractivity contribution >= 4 is 17.0 Å². The predicted octanol–water partition coefficient (Wildman–Crippen LogP) is 2.16. The van der Waals surface area contributed by atoms with Crippen molar-refractivity contribution < 1.29 is 0 Å². The van der Waals surface area contributed by atoms with Crippen LogP contribution in [-0.4, -0.2) is 13.1 Å². The lowest BCUT2D eigenvalue weighted by molar-refractivity contribution is 0.567. The molecule has 66 valence electrons. The van der Waals surface area contributed by atoms with E-state index in [-0.39, 0.29) is 0 Å². The molecule has 13 heavy (non-hydrogen) atoms. The Morgan fingerprint density at radius 2 is 2.46 bits per heavy atom. The van der Waals surface area contributed by atoms with Gasteiger partial charge in [-0.15, -0.1) is 0 Å². The van der Waals surface area contributed by atoms with E-state index in [0.717, 1.165) is 37.0 Å². The minimum Gasteiger partial charge on any atom is -0.316 e. The second kappa shape index (κ2) is 2.57. The maximum absolute atomic E-state index is 7.05. The van der Waals surface area contributed by atoms with Gasteiger partial charge in [-0.3, -0.25) is 0 Å². The second-order valence-electron chi connectivity index (χ2n) is 3.80. The summed E-state index contributed by atoms with van der Waals surface area (Å²) in [7, 11) is 0. The van der Waals surface area contributed by atoms with Crippen LogP contribution in [0.5, 0.6) is 0 Å². The second-order valence-corrected chi connectivity index (χ2v) is 4.72. The first kappa shape index (κ1) is 7.54. The van der Waals surface area contributed by atoms with Gasteiger partial charge >= 0.3 is 0 Å². The van der Waals surface area contributed by atoms with Crippen LogP contribution in [-0.2, 0) is 6.42 Å². The van der Waals surface area contributed by atoms with E-state index in [1.165, 1.54) is 10.4 Å². The Labute approximate surface area is 81.4 Å². The van der Waals surface area contributed by atoms with Gasteiger partial charge in [0.2, 0.25) is 5.69 Å². The maximum Gasteiger partial charge on any atom is 0.201 e. The Balaban J connectivity index is 2.09. The molecular formula is C10H10N2S. The quantitative estimate of drug-likeness (QED) is 0.620. The van der Waals surface area contributed by atoms with Gasteiger partial charge in [-0.2, -0.15) is 11.3 Å². The van der Waals surface area contributed by atoms with Gasteiger partial charge in [0, 0.05) is 17.3 Å². The van der Waals surface area contributed by atoms with Crippen molar-refractivity contribution in [2.45, 2.75) is 12.3 Å². The van der Waals surface area contributed by atoms with Crippen molar-refractivity contribution in [1.82, 2.24) is 5.32 Å². The lowest BCUT2D eigenvalue weighted by Gasteiger charge is -2.05. The van der Waals surface area contributed by atoms with Gasteiger partial charge in [-0.1, -0.05) is 0 Å². The molecule has 1 aromatic heterocycles. The molecule has 3 rings (SSSR count). The third-order valence-corrected chi connectivity index (χ3v) is 4.31. The highest BCUT2D eigenvalue weighted by Crippen LogP contribution is 2.47. The van der Waals surface area contributed by atoms with Crippen LogP contribution in [0.1, 0.15) is 16.4 Å². The first-order valence-electron chi connectivity index (χ1n) is 4.58. The monoisotopic (exact) mass is 190 g/mol. The van der Waals surface area contributed by atoms with Gasteiger partial charge < -0.3 is 5.32 Å². The minimum atomic E-state index is 0.718. The fourth-order valence-corrected chi connectivity index (χ4v) is 3.73. The maximum atomic E-state index is 7.05. The van der Waals surface area contributed by atoms with Crippen LogP contribution in [0.3, 0.4) is 0 Å². The zero-order valence-corrected chi connectivity index (χ0v) is 8.03. The Kier molecular flexibility index (Phi) is 1.49. The van der Waals surface area contributed by atoms with Gasteiger partial charge in [-0.25, -0.2) is 4.85 Å². The average Bonchev–Trinajstić information content (AvgIpc) is 2.72. The normalized spacial score (nSPS) is 29.8. The number of nitrogens with one attached hydrogen (secondary N) is 1. The summed E-state index contributed by atoms with van der Waals surface area (Å²) in [5.41, 5.74) is 2.27. The number of thiophene rings is 1. The zero-order valence-electron chi connectivity index (χ0n) is 7.21. The minimum absolute atomic E-state index is 0.718. The van der Waals surface area contributed by atoms with Crippen LogP contribution < -0.4 is 5.32 Å². The summed E-state index contributed by atoms with van der Waals surface area (Å²) in [4.78, 5) is 5.06. The van der Waals surface area contributed by atoms with E-state index in [1.54, 1.807) is 11.3 Å². The summed E-state index contributed by atoms with van der Waals surface area (Å²) in [6.07, 6.45) is 1.13. The average molecular weight is 190 g/mol. The molecule has 0 bridgehead atoms. The van der Waals surface area contributed by atoms with E-state index < -0.39 is 0 Å². The van der Waals surface area contributed by atoms with Crippen molar-refractivity contribution in [3.63, 3.8) is 0 Å². The number of nitrogens with zero attached hydrogens (tertiary/aromatic N) is 1. The van der Waals surface area contributed by atoms with E-state index in [1.807, 2.05) is 5.38 Å². The highest BCUT2D eigenvalue weighted by molar-refractivity contribution is 7.10. The molecule has 1 fully saturated rings. The SMILES string of the molecule is [C-]#[N+]c1csc2c1CC1CNCC21. The first-order chi connectivity index (χ1) is 6.40. The van der Waals surface area contributed by atoms with Gasteiger partial charge in [0.15, 0.2) is 0 Å². The van der Waals surface area contributed by atoms with Crippen LogP contribution in [0.15, 0.2) is 5.38 Å². The number of fused-ring (bicyclic) bond motifs is 3. The first-order valence-corrected chi connectivity index (χ1v) is 5.46. The van der Waals surface area contributed by atoms with E-state index >= 15 is 0 Å². The number of hydrogen-bond donors (Lipinski definition) is 1. The van der Waals surface area contributed by atoms with E-state index in [9.17, 15) is 0 Å². The molecule has 1 N–H and O–H groups in total. The molecular weight excluding hydrogens is 180 g/mol. The summed E-state index contributed by atoms with van der Waals surface area (Å²) in [6.45, 7) is 9.31. The molecule has 0 radical (unpaired) electrons. The Morgan fingerprint density at radius 3 is 3.31 bits per heavy atom. The zero-order chi connectivity index (χ0) is 8.84. The Bertz CT molecular complexity index is 388. The molecule has 1 aliphatic heterocycles. The van der Waals surface area contributed by atoms with Gasteiger partial charge in [0.25, 0.3) is 0 Å². The smallest absolute Gasteiger partial charge is 0.201 e. The Morgan fingerprint density at radius 1 is 1.54 bits per heavy atom. The molecule has 2 nitrogen and oxygen atoms in total. The molecule has 2 aliphatic rings. The summed E-state index contributed by atoms with van der Waals surface area (Å²) < 4.78 is 0. The fraction of sp³-hybridized carbons (Fsp3) is 0.500. The largest absolute Gasteiger partial charge is 0.316 e. The van der Waals surface area contributed by atoms with Gasteiger partial charge in [0.05, 0.1) is 6.57 Å². The molecule has 2 atom stereocenters. The van der Waals surface area contributed by atoms with Crippen molar-refractivity contribution in [3.8, 4) is 0 Å².